The molecule has 0 aliphatic carbocycles. The Labute approximate surface area is 119 Å². The van der Waals surface area contributed by atoms with E-state index in [-0.39, 0.29) is 12.6 Å². The first-order valence-electron chi connectivity index (χ1n) is 6.92. The van der Waals surface area contributed by atoms with Crippen molar-refractivity contribution >= 4 is 0 Å². The van der Waals surface area contributed by atoms with Crippen LogP contribution >= 0.6 is 0 Å². The smallest absolute Gasteiger partial charge is 0.230 e. The van der Waals surface area contributed by atoms with Gasteiger partial charge in [0.25, 0.3) is 0 Å². The number of hydrogen-bond acceptors (Lipinski definition) is 5. The Bertz CT molecular complexity index is 513. The third kappa shape index (κ3) is 3.65. The van der Waals surface area contributed by atoms with Crippen LogP contribution in [0.25, 0.3) is 0 Å². The summed E-state index contributed by atoms with van der Waals surface area (Å²) in [5.41, 5.74) is 1.18. The maximum Gasteiger partial charge on any atom is 0.230 e. The van der Waals surface area contributed by atoms with E-state index in [1.54, 1.807) is 0 Å². The summed E-state index contributed by atoms with van der Waals surface area (Å²) in [4.78, 5) is 2.12. The van der Waals surface area contributed by atoms with Gasteiger partial charge < -0.3 is 9.52 Å². The van der Waals surface area contributed by atoms with Crippen LogP contribution in [0.1, 0.15) is 36.7 Å². The van der Waals surface area contributed by atoms with Crippen LogP contribution in [-0.2, 0) is 13.0 Å². The van der Waals surface area contributed by atoms with Crippen LogP contribution in [0, 0.1) is 0 Å². The average molecular weight is 275 g/mol. The van der Waals surface area contributed by atoms with Crippen LogP contribution in [0.2, 0.25) is 0 Å². The van der Waals surface area contributed by atoms with Gasteiger partial charge in [0.2, 0.25) is 11.8 Å². The molecule has 5 heteroatoms. The van der Waals surface area contributed by atoms with Crippen LogP contribution < -0.4 is 0 Å². The standard InChI is InChI=1S/C15H21N3O2/c1-3-14-16-17-15(20-14)11-18(2)13(9-10-19)12-7-5-4-6-8-12/h4-8,13,19H,3,9-11H2,1-2H3. The van der Waals surface area contributed by atoms with E-state index in [1.165, 1.54) is 5.56 Å². The van der Waals surface area contributed by atoms with E-state index in [9.17, 15) is 5.11 Å². The quantitative estimate of drug-likeness (QED) is 0.839. The first-order valence-corrected chi connectivity index (χ1v) is 6.92. The maximum atomic E-state index is 9.28. The summed E-state index contributed by atoms with van der Waals surface area (Å²) in [5.74, 6) is 1.27. The summed E-state index contributed by atoms with van der Waals surface area (Å²) < 4.78 is 5.54. The molecule has 0 amide bonds. The molecule has 1 aromatic heterocycles. The average Bonchev–Trinajstić information content (AvgIpc) is 2.93. The zero-order chi connectivity index (χ0) is 14.4. The Morgan fingerprint density at radius 2 is 1.90 bits per heavy atom. The molecule has 1 heterocycles. The number of hydrogen-bond donors (Lipinski definition) is 1. The van der Waals surface area contributed by atoms with E-state index in [2.05, 4.69) is 27.2 Å². The molecule has 1 aromatic carbocycles. The van der Waals surface area contributed by atoms with Crippen LogP contribution in [-0.4, -0.2) is 33.9 Å². The highest BCUT2D eigenvalue weighted by Crippen LogP contribution is 2.24. The fraction of sp³-hybridized carbons (Fsp3) is 0.467. The number of aromatic nitrogens is 2. The topological polar surface area (TPSA) is 62.4 Å². The van der Waals surface area contributed by atoms with Crippen molar-refractivity contribution in [1.82, 2.24) is 15.1 Å². The molecule has 1 atom stereocenters. The molecular formula is C15H21N3O2. The SMILES string of the molecule is CCc1nnc(CN(C)C(CCO)c2ccccc2)o1. The van der Waals surface area contributed by atoms with Crippen LogP contribution in [0.15, 0.2) is 34.7 Å². The fourth-order valence-electron chi connectivity index (χ4n) is 2.26. The summed E-state index contributed by atoms with van der Waals surface area (Å²) in [6, 6.07) is 10.3. The first kappa shape index (κ1) is 14.7. The van der Waals surface area contributed by atoms with E-state index in [4.69, 9.17) is 4.42 Å². The van der Waals surface area contributed by atoms with Gasteiger partial charge in [-0.1, -0.05) is 37.3 Å². The molecule has 0 bridgehead atoms. The van der Waals surface area contributed by atoms with Gasteiger partial charge in [0.1, 0.15) is 0 Å². The maximum absolute atomic E-state index is 9.28. The molecule has 0 aliphatic heterocycles. The van der Waals surface area contributed by atoms with Crippen molar-refractivity contribution in [2.75, 3.05) is 13.7 Å². The zero-order valence-electron chi connectivity index (χ0n) is 12.0. The minimum absolute atomic E-state index is 0.137. The van der Waals surface area contributed by atoms with Crippen LogP contribution in [0.5, 0.6) is 0 Å². The van der Waals surface area contributed by atoms with Crippen molar-refractivity contribution in [3.8, 4) is 0 Å². The molecule has 0 spiro atoms. The van der Waals surface area contributed by atoms with Crippen LogP contribution in [0.4, 0.5) is 0 Å². The van der Waals surface area contributed by atoms with Gasteiger partial charge in [-0.05, 0) is 19.0 Å². The number of nitrogens with zero attached hydrogens (tertiary/aromatic N) is 3. The summed E-state index contributed by atoms with van der Waals surface area (Å²) in [7, 11) is 2.00. The lowest BCUT2D eigenvalue weighted by molar-refractivity contribution is 0.168. The normalized spacial score (nSPS) is 12.8. The Morgan fingerprint density at radius 3 is 2.50 bits per heavy atom. The molecule has 0 aliphatic rings. The van der Waals surface area contributed by atoms with Gasteiger partial charge in [0.15, 0.2) is 0 Å². The van der Waals surface area contributed by atoms with Crippen LogP contribution in [0.3, 0.4) is 0 Å². The number of aryl methyl sites for hydroxylation is 1. The second-order valence-corrected chi connectivity index (χ2v) is 4.80. The van der Waals surface area contributed by atoms with Gasteiger partial charge >= 0.3 is 0 Å². The van der Waals surface area contributed by atoms with Crippen molar-refractivity contribution in [1.29, 1.82) is 0 Å². The number of aliphatic hydroxyl groups is 1. The van der Waals surface area contributed by atoms with E-state index in [1.807, 2.05) is 32.2 Å². The molecule has 0 radical (unpaired) electrons. The fourth-order valence-corrected chi connectivity index (χ4v) is 2.26. The Morgan fingerprint density at radius 1 is 1.20 bits per heavy atom. The third-order valence-electron chi connectivity index (χ3n) is 3.31. The predicted molar refractivity (Wildman–Crippen MR) is 76.0 cm³/mol. The van der Waals surface area contributed by atoms with E-state index in [0.717, 1.165) is 6.42 Å². The Balaban J connectivity index is 2.08. The minimum atomic E-state index is 0.137. The second kappa shape index (κ2) is 7.17. The summed E-state index contributed by atoms with van der Waals surface area (Å²) >= 11 is 0. The monoisotopic (exact) mass is 275 g/mol. The molecule has 2 aromatic rings. The summed E-state index contributed by atoms with van der Waals surface area (Å²) in [6.07, 6.45) is 1.42. The van der Waals surface area contributed by atoms with Gasteiger partial charge in [0, 0.05) is 19.1 Å². The number of benzene rings is 1. The lowest BCUT2D eigenvalue weighted by Gasteiger charge is -2.26. The van der Waals surface area contributed by atoms with Gasteiger partial charge in [-0.15, -0.1) is 10.2 Å². The molecule has 1 N–H and O–H groups in total. The van der Waals surface area contributed by atoms with E-state index < -0.39 is 0 Å². The summed E-state index contributed by atoms with van der Waals surface area (Å²) in [5, 5.41) is 17.3. The van der Waals surface area contributed by atoms with Gasteiger partial charge in [-0.25, -0.2) is 0 Å². The summed E-state index contributed by atoms with van der Waals surface area (Å²) in [6.45, 7) is 2.71. The van der Waals surface area contributed by atoms with E-state index >= 15 is 0 Å². The van der Waals surface area contributed by atoms with Gasteiger partial charge in [-0.2, -0.15) is 0 Å². The Hall–Kier alpha value is -1.72. The lowest BCUT2D eigenvalue weighted by atomic mass is 10.0. The molecule has 20 heavy (non-hydrogen) atoms. The van der Waals surface area contributed by atoms with Gasteiger partial charge in [0.05, 0.1) is 6.54 Å². The molecule has 5 nitrogen and oxygen atoms in total. The lowest BCUT2D eigenvalue weighted by Crippen LogP contribution is -2.25. The highest BCUT2D eigenvalue weighted by Gasteiger charge is 2.18. The first-order chi connectivity index (χ1) is 9.74. The molecule has 1 unspecified atom stereocenters. The second-order valence-electron chi connectivity index (χ2n) is 4.80. The van der Waals surface area contributed by atoms with Crippen molar-refractivity contribution in [2.24, 2.45) is 0 Å². The van der Waals surface area contributed by atoms with Crippen molar-refractivity contribution in [2.45, 2.75) is 32.4 Å². The minimum Gasteiger partial charge on any atom is -0.424 e. The largest absolute Gasteiger partial charge is 0.424 e. The predicted octanol–water partition coefficient (Wildman–Crippen LogP) is 2.19. The van der Waals surface area contributed by atoms with Crippen molar-refractivity contribution < 1.29 is 9.52 Å². The molecule has 0 saturated carbocycles. The van der Waals surface area contributed by atoms with Gasteiger partial charge in [-0.3, -0.25) is 4.90 Å². The zero-order valence-corrected chi connectivity index (χ0v) is 12.0. The molecule has 2 rings (SSSR count). The van der Waals surface area contributed by atoms with E-state index in [0.29, 0.717) is 24.7 Å². The Kier molecular flexibility index (Phi) is 5.26. The molecular weight excluding hydrogens is 254 g/mol. The van der Waals surface area contributed by atoms with Crippen molar-refractivity contribution in [3.63, 3.8) is 0 Å². The van der Waals surface area contributed by atoms with Crippen molar-refractivity contribution in [3.05, 3.63) is 47.7 Å². The highest BCUT2D eigenvalue weighted by molar-refractivity contribution is 5.19. The highest BCUT2D eigenvalue weighted by atomic mass is 16.4. The molecule has 0 saturated heterocycles. The molecule has 0 fully saturated rings. The third-order valence-corrected chi connectivity index (χ3v) is 3.31. The number of rotatable bonds is 7. The molecule has 108 valence electrons. The number of aliphatic hydroxyl groups excluding tert-OH is 1.